The molecule has 0 unspecified atom stereocenters. The van der Waals surface area contributed by atoms with Gasteiger partial charge in [0.05, 0.1) is 70.9 Å². The predicted molar refractivity (Wildman–Crippen MR) is 280 cm³/mol. The van der Waals surface area contributed by atoms with Gasteiger partial charge in [-0.1, -0.05) is 71.9 Å². The first-order valence-electron chi connectivity index (χ1n) is 25.2. The molecule has 73 heavy (non-hydrogen) atoms. The first-order valence-corrected chi connectivity index (χ1v) is 26.1. The summed E-state index contributed by atoms with van der Waals surface area (Å²) in [6, 6.07) is 17.3. The van der Waals surface area contributed by atoms with Gasteiger partial charge in [0.1, 0.15) is 17.8 Å². The Morgan fingerprint density at radius 3 is 2.33 bits per heavy atom. The van der Waals surface area contributed by atoms with Crippen LogP contribution < -0.4 is 16.0 Å². The molecule has 0 saturated carbocycles. The van der Waals surface area contributed by atoms with Crippen LogP contribution in [0, 0.1) is 23.7 Å². The summed E-state index contributed by atoms with van der Waals surface area (Å²) in [5, 5.41) is 41.2. The minimum absolute atomic E-state index is 0.00545. The first kappa shape index (κ1) is 54.5. The second-order valence-corrected chi connectivity index (χ2v) is 22.5. The van der Waals surface area contributed by atoms with Gasteiger partial charge in [-0.05, 0) is 79.0 Å². The van der Waals surface area contributed by atoms with E-state index >= 15 is 0 Å². The number of carbonyl (C=O) groups excluding carboxylic acids is 4. The van der Waals surface area contributed by atoms with E-state index in [1.165, 1.54) is 4.90 Å². The number of aryl methyl sites for hydroxylation is 1. The molecule has 2 aliphatic rings. The maximum Gasteiger partial charge on any atom is 0.272 e. The average molecular weight is 1020 g/mol. The van der Waals surface area contributed by atoms with Gasteiger partial charge in [-0.3, -0.25) is 33.9 Å². The van der Waals surface area contributed by atoms with Gasteiger partial charge in [0.2, 0.25) is 17.7 Å². The topological polar surface area (TPSA) is 227 Å². The summed E-state index contributed by atoms with van der Waals surface area (Å²) in [6.07, 6.45) is 1.93. The molecule has 5 heterocycles. The molecule has 5 N–H and O–H groups in total. The highest BCUT2D eigenvalue weighted by Crippen LogP contribution is 2.32. The van der Waals surface area contributed by atoms with Crippen molar-refractivity contribution in [1.29, 1.82) is 5.26 Å². The number of aliphatic hydroxyl groups is 1. The van der Waals surface area contributed by atoms with Crippen LogP contribution in [0.2, 0.25) is 0 Å². The molecule has 19 heteroatoms. The Labute approximate surface area is 432 Å². The van der Waals surface area contributed by atoms with E-state index in [-0.39, 0.29) is 72.9 Å². The van der Waals surface area contributed by atoms with Crippen LogP contribution in [-0.2, 0) is 37.7 Å². The van der Waals surface area contributed by atoms with Crippen LogP contribution in [0.5, 0.6) is 0 Å². The Morgan fingerprint density at radius 2 is 1.66 bits per heavy atom. The molecule has 5 aromatic rings. The molecule has 5 atom stereocenters. The minimum Gasteiger partial charge on any atom is -0.391 e. The second-order valence-electron chi connectivity index (χ2n) is 21.6. The number of rotatable bonds is 19. The maximum absolute atomic E-state index is 14.2. The van der Waals surface area contributed by atoms with Crippen molar-refractivity contribution in [2.75, 3.05) is 52.4 Å². The van der Waals surface area contributed by atoms with Crippen molar-refractivity contribution in [2.24, 2.45) is 5.41 Å². The van der Waals surface area contributed by atoms with Gasteiger partial charge in [0, 0.05) is 70.1 Å². The van der Waals surface area contributed by atoms with E-state index in [1.807, 2.05) is 102 Å². The number of hydrogen-bond acceptors (Lipinski definition) is 13. The molecular weight excluding hydrogens is 945 g/mol. The number of aromatic amines is 1. The highest BCUT2D eigenvalue weighted by Gasteiger charge is 2.45. The van der Waals surface area contributed by atoms with E-state index in [1.54, 1.807) is 22.1 Å². The predicted octanol–water partition coefficient (Wildman–Crippen LogP) is 5.59. The SMILES string of the molecule is Cc1ncsc1-c1ccc([C@H](C)NC(=O)[C@@H]2C[C@@H](O)CN2C(=O)[C@@H](NC(=O)CN2CCN(CCCOCc3cc(C(=O)N[C@@H](C)Cn4ccc(-c5ccc(C#N)c(C(C)(C)C)c5)n4)n[nH]3)CC2)C(C)(C)C)cc1. The largest absolute Gasteiger partial charge is 0.391 e. The molecule has 3 aromatic heterocycles. The lowest BCUT2D eigenvalue weighted by Crippen LogP contribution is -2.59. The number of nitrogens with one attached hydrogen (secondary N) is 4. The summed E-state index contributed by atoms with van der Waals surface area (Å²) in [7, 11) is 0. The molecule has 2 aliphatic heterocycles. The Kier molecular flexibility index (Phi) is 17.7. The molecule has 18 nitrogen and oxygen atoms in total. The van der Waals surface area contributed by atoms with E-state index in [0.717, 1.165) is 64.6 Å². The van der Waals surface area contributed by atoms with Gasteiger partial charge in [0.25, 0.3) is 5.91 Å². The molecule has 0 bridgehead atoms. The number of aliphatic hydroxyl groups excluding tert-OH is 1. The molecule has 390 valence electrons. The zero-order valence-corrected chi connectivity index (χ0v) is 44.5. The molecule has 0 radical (unpaired) electrons. The number of hydrogen-bond donors (Lipinski definition) is 5. The lowest BCUT2D eigenvalue weighted by Gasteiger charge is -2.37. The third kappa shape index (κ3) is 14.3. The zero-order valence-electron chi connectivity index (χ0n) is 43.7. The van der Waals surface area contributed by atoms with Crippen molar-refractivity contribution < 1.29 is 29.0 Å². The van der Waals surface area contributed by atoms with Crippen LogP contribution >= 0.6 is 11.3 Å². The molecular formula is C54H72N12O6S. The number of piperazine rings is 1. The summed E-state index contributed by atoms with van der Waals surface area (Å²) in [5.74, 6) is -1.31. The van der Waals surface area contributed by atoms with E-state index in [2.05, 4.69) is 67.8 Å². The highest BCUT2D eigenvalue weighted by atomic mass is 32.1. The fourth-order valence-corrected chi connectivity index (χ4v) is 10.2. The number of amides is 4. The van der Waals surface area contributed by atoms with Gasteiger partial charge in [-0.2, -0.15) is 15.5 Å². The number of aromatic nitrogens is 5. The van der Waals surface area contributed by atoms with Gasteiger partial charge in [-0.25, -0.2) is 4.98 Å². The second kappa shape index (κ2) is 23.7. The van der Waals surface area contributed by atoms with Gasteiger partial charge < -0.3 is 35.6 Å². The van der Waals surface area contributed by atoms with Gasteiger partial charge in [0.15, 0.2) is 0 Å². The van der Waals surface area contributed by atoms with Crippen LogP contribution in [0.15, 0.2) is 66.3 Å². The van der Waals surface area contributed by atoms with Crippen LogP contribution in [0.25, 0.3) is 21.7 Å². The molecule has 0 spiro atoms. The van der Waals surface area contributed by atoms with Crippen molar-refractivity contribution in [2.45, 2.75) is 124 Å². The molecule has 7 rings (SSSR count). The smallest absolute Gasteiger partial charge is 0.272 e. The fraction of sp³-hybridized carbons (Fsp3) is 0.519. The van der Waals surface area contributed by atoms with Gasteiger partial charge in [-0.15, -0.1) is 11.3 Å². The molecule has 2 saturated heterocycles. The fourth-order valence-electron chi connectivity index (χ4n) is 9.38. The summed E-state index contributed by atoms with van der Waals surface area (Å²) in [6.45, 7) is 22.8. The third-order valence-corrected chi connectivity index (χ3v) is 14.5. The van der Waals surface area contributed by atoms with E-state index in [4.69, 9.17) is 9.84 Å². The number of ether oxygens (including phenoxy) is 1. The van der Waals surface area contributed by atoms with E-state index < -0.39 is 23.6 Å². The quantitative estimate of drug-likeness (QED) is 0.0639. The lowest BCUT2D eigenvalue weighted by atomic mass is 9.83. The normalized spacial score (nSPS) is 18.0. The standard InChI is InChI=1S/C54H72N12O6S/c1-34(29-65-19-17-44(62-65)39-15-16-40(28-55)43(25-39)53(4,5)6)57-50(69)45-26-41(60-61-45)32-72-24-10-18-63-20-22-64(23-21-63)31-47(68)59-49(54(7,8)9)52(71)66-30-42(67)27-46(66)51(70)58-35(2)37-11-13-38(14-12-37)48-36(3)56-33-73-48/h11-17,19,25-26,33-35,42,46,49,67H,10,18,20-24,27,29-32H2,1-9H3,(H,57,69)(H,58,70)(H,59,68)(H,60,61)/t34-,35-,42+,46-,49+/m0/s1. The number of carbonyl (C=O) groups is 4. The third-order valence-electron chi connectivity index (χ3n) is 13.5. The Hall–Kier alpha value is -6.30. The Balaban J connectivity index is 0.793. The van der Waals surface area contributed by atoms with Crippen LogP contribution in [-0.4, -0.2) is 145 Å². The Morgan fingerprint density at radius 1 is 0.945 bits per heavy atom. The number of thiazole rings is 1. The Bertz CT molecular complexity index is 2740. The molecule has 2 fully saturated rings. The van der Waals surface area contributed by atoms with Crippen LogP contribution in [0.1, 0.15) is 113 Å². The average Bonchev–Trinajstić information content (AvgIpc) is 4.18. The molecule has 0 aliphatic carbocycles. The van der Waals surface area contributed by atoms with Crippen LogP contribution in [0.4, 0.5) is 0 Å². The summed E-state index contributed by atoms with van der Waals surface area (Å²) < 4.78 is 7.72. The number of likely N-dealkylation sites (tertiary alicyclic amines) is 1. The molecule has 4 amide bonds. The van der Waals surface area contributed by atoms with Crippen molar-refractivity contribution in [3.63, 3.8) is 0 Å². The number of nitriles is 1. The number of benzene rings is 2. The van der Waals surface area contributed by atoms with Crippen molar-refractivity contribution in [1.82, 2.24) is 55.6 Å². The van der Waals surface area contributed by atoms with Crippen molar-refractivity contribution in [3.8, 4) is 27.8 Å². The summed E-state index contributed by atoms with van der Waals surface area (Å²) in [5.41, 5.74) is 8.22. The number of nitrogens with zero attached hydrogens (tertiary/aromatic N) is 8. The number of H-pyrrole nitrogens is 1. The number of β-amino-alcohol motifs (C(OH)–C–C–N with tert-alkyl or cyclic N) is 1. The monoisotopic (exact) mass is 1020 g/mol. The van der Waals surface area contributed by atoms with E-state index in [9.17, 15) is 29.5 Å². The van der Waals surface area contributed by atoms with Crippen molar-refractivity contribution >= 4 is 35.0 Å². The molecule has 2 aromatic carbocycles. The van der Waals surface area contributed by atoms with Gasteiger partial charge >= 0.3 is 0 Å². The summed E-state index contributed by atoms with van der Waals surface area (Å²) in [4.78, 5) is 65.8. The van der Waals surface area contributed by atoms with Crippen molar-refractivity contribution in [3.05, 3.63) is 100 Å². The lowest BCUT2D eigenvalue weighted by molar-refractivity contribution is -0.144. The maximum atomic E-state index is 14.2. The minimum atomic E-state index is -0.908. The van der Waals surface area contributed by atoms with Crippen LogP contribution in [0.3, 0.4) is 0 Å². The zero-order chi connectivity index (χ0) is 52.6. The summed E-state index contributed by atoms with van der Waals surface area (Å²) >= 11 is 1.58. The van der Waals surface area contributed by atoms with E-state index in [0.29, 0.717) is 37.5 Å². The first-order chi connectivity index (χ1) is 34.7. The highest BCUT2D eigenvalue weighted by molar-refractivity contribution is 7.13.